The lowest BCUT2D eigenvalue weighted by Crippen LogP contribution is -2.11. The molecule has 3 aromatic rings. The number of non-ortho nitro benzene ring substituents is 1. The molecule has 0 saturated carbocycles. The first kappa shape index (κ1) is 24.6. The van der Waals surface area contributed by atoms with Crippen molar-refractivity contribution in [2.45, 2.75) is 4.90 Å². The largest absolute Gasteiger partial charge is 0.300 e. The van der Waals surface area contributed by atoms with Crippen LogP contribution >= 0.6 is 22.6 Å². The van der Waals surface area contributed by atoms with E-state index in [1.54, 1.807) is 12.1 Å². The summed E-state index contributed by atoms with van der Waals surface area (Å²) in [6, 6.07) is 14.5. The topological polar surface area (TPSA) is 97.5 Å². The van der Waals surface area contributed by atoms with Crippen molar-refractivity contribution < 1.29 is 39.8 Å². The van der Waals surface area contributed by atoms with Crippen molar-refractivity contribution in [2.24, 2.45) is 0 Å². The predicted octanol–water partition coefficient (Wildman–Crippen LogP) is 5.50. The van der Waals surface area contributed by atoms with Crippen LogP contribution in [0.2, 0.25) is 0 Å². The highest BCUT2D eigenvalue weighted by Gasteiger charge is 2.32. The second-order valence-corrected chi connectivity index (χ2v) is 8.18. The predicted molar refractivity (Wildman–Crippen MR) is 107 cm³/mol. The zero-order valence-electron chi connectivity index (χ0n) is 14.8. The van der Waals surface area contributed by atoms with Crippen LogP contribution in [0.3, 0.4) is 0 Å². The molecule has 3 aromatic carbocycles. The number of benzene rings is 3. The second-order valence-electron chi connectivity index (χ2n) is 5.66. The van der Waals surface area contributed by atoms with Crippen LogP contribution in [0.1, 0.15) is 0 Å². The minimum atomic E-state index is -5.52. The lowest BCUT2D eigenvalue weighted by atomic mass is 10.1. The first-order chi connectivity index (χ1) is 14.4. The Hall–Kier alpha value is -2.65. The molecule has 3 rings (SSSR count). The number of nitro groups is 1. The number of hydrogen-bond donors (Lipinski definition) is 1. The number of halogens is 6. The van der Waals surface area contributed by atoms with Gasteiger partial charge in [0.05, 0.1) is 4.92 Å². The zero-order valence-corrected chi connectivity index (χ0v) is 17.8. The average Bonchev–Trinajstić information content (AvgIpc) is 2.71. The number of rotatable bonds is 3. The van der Waals surface area contributed by atoms with Gasteiger partial charge in [0, 0.05) is 15.7 Å². The summed E-state index contributed by atoms with van der Waals surface area (Å²) in [5.74, 6) is -12.6. The maximum Gasteiger partial charge on any atom is 0.300 e. The molecule has 31 heavy (non-hydrogen) atoms. The van der Waals surface area contributed by atoms with E-state index in [2.05, 4.69) is 22.6 Å². The molecule has 13 heteroatoms. The lowest BCUT2D eigenvalue weighted by molar-refractivity contribution is -0.384. The molecule has 0 heterocycles. The Morgan fingerprint density at radius 1 is 0.806 bits per heavy atom. The molecule has 0 unspecified atom stereocenters. The van der Waals surface area contributed by atoms with Gasteiger partial charge in [-0.25, -0.2) is 22.0 Å². The van der Waals surface area contributed by atoms with E-state index in [1.165, 1.54) is 12.1 Å². The van der Waals surface area contributed by atoms with Gasteiger partial charge in [-0.1, -0.05) is 18.2 Å². The van der Waals surface area contributed by atoms with E-state index < -0.39 is 44.1 Å². The van der Waals surface area contributed by atoms with Gasteiger partial charge >= 0.3 is 10.1 Å². The van der Waals surface area contributed by atoms with Crippen molar-refractivity contribution in [2.75, 3.05) is 0 Å². The van der Waals surface area contributed by atoms with Crippen LogP contribution in [-0.4, -0.2) is 17.9 Å². The molecule has 0 bridgehead atoms. The second kappa shape index (κ2) is 9.65. The molecule has 6 nitrogen and oxygen atoms in total. The summed E-state index contributed by atoms with van der Waals surface area (Å²) >= 11 is 2.25. The van der Waals surface area contributed by atoms with Gasteiger partial charge in [-0.3, -0.25) is 14.7 Å². The highest BCUT2D eigenvalue weighted by atomic mass is 127. The van der Waals surface area contributed by atoms with Gasteiger partial charge in [0.15, 0.2) is 28.2 Å². The molecule has 1 N–H and O–H groups in total. The molecule has 0 amide bonds. The molecule has 0 aliphatic heterocycles. The summed E-state index contributed by atoms with van der Waals surface area (Å²) in [4.78, 5) is 7.87. The summed E-state index contributed by atoms with van der Waals surface area (Å²) in [6.07, 6.45) is 0. The maximum atomic E-state index is 12.6. The summed E-state index contributed by atoms with van der Waals surface area (Å²) in [7, 11) is -5.52. The minimum absolute atomic E-state index is 0.120. The molecular formula is C18H9F5INO5S. The third-order valence-electron chi connectivity index (χ3n) is 3.69. The zero-order chi connectivity index (χ0) is 23.5. The van der Waals surface area contributed by atoms with E-state index in [0.717, 1.165) is 14.7 Å². The highest BCUT2D eigenvalue weighted by Crippen LogP contribution is 2.27. The fourth-order valence-electron chi connectivity index (χ4n) is 2.27. The smallest absolute Gasteiger partial charge is 0.282 e. The molecule has 0 radical (unpaired) electrons. The SMILES string of the molecule is O=S(=O)(O)c1c(F)c(F)c(F)c(F)c1F.O=[N+]([O-])c1ccc(-c2ccccc2I)cc1. The molecule has 164 valence electrons. The fourth-order valence-corrected chi connectivity index (χ4v) is 3.60. The third-order valence-corrected chi connectivity index (χ3v) is 5.51. The highest BCUT2D eigenvalue weighted by molar-refractivity contribution is 14.1. The van der Waals surface area contributed by atoms with Crippen molar-refractivity contribution in [3.8, 4) is 11.1 Å². The van der Waals surface area contributed by atoms with Crippen LogP contribution in [0.5, 0.6) is 0 Å². The van der Waals surface area contributed by atoms with Gasteiger partial charge in [0.1, 0.15) is 0 Å². The van der Waals surface area contributed by atoms with Crippen molar-refractivity contribution in [3.63, 3.8) is 0 Å². The van der Waals surface area contributed by atoms with Gasteiger partial charge in [0.2, 0.25) is 5.82 Å². The summed E-state index contributed by atoms with van der Waals surface area (Å²) in [5, 5.41) is 10.5. The van der Waals surface area contributed by atoms with E-state index in [1.807, 2.05) is 24.3 Å². The van der Waals surface area contributed by atoms with Crippen molar-refractivity contribution in [1.29, 1.82) is 0 Å². The average molecular weight is 573 g/mol. The molecule has 0 aliphatic rings. The lowest BCUT2D eigenvalue weighted by Gasteiger charge is -2.04. The first-order valence-electron chi connectivity index (χ1n) is 7.84. The van der Waals surface area contributed by atoms with E-state index >= 15 is 0 Å². The van der Waals surface area contributed by atoms with Crippen molar-refractivity contribution in [3.05, 3.63) is 91.3 Å². The Labute approximate surface area is 185 Å². The molecule has 0 fully saturated rings. The van der Waals surface area contributed by atoms with Crippen molar-refractivity contribution in [1.82, 2.24) is 0 Å². The van der Waals surface area contributed by atoms with Crippen LogP contribution in [-0.2, 0) is 10.1 Å². The number of hydrogen-bond acceptors (Lipinski definition) is 4. The normalized spacial score (nSPS) is 10.9. The van der Waals surface area contributed by atoms with Crippen molar-refractivity contribution >= 4 is 38.4 Å². The molecular weight excluding hydrogens is 564 g/mol. The van der Waals surface area contributed by atoms with Crippen LogP contribution < -0.4 is 0 Å². The van der Waals surface area contributed by atoms with E-state index in [0.29, 0.717) is 0 Å². The van der Waals surface area contributed by atoms with E-state index in [-0.39, 0.29) is 10.6 Å². The summed E-state index contributed by atoms with van der Waals surface area (Å²) in [6.45, 7) is 0. The van der Waals surface area contributed by atoms with Gasteiger partial charge in [0.25, 0.3) is 5.69 Å². The number of nitrogens with zero attached hydrogens (tertiary/aromatic N) is 1. The monoisotopic (exact) mass is 573 g/mol. The summed E-state index contributed by atoms with van der Waals surface area (Å²) in [5.41, 5.74) is 2.21. The number of nitro benzene ring substituents is 1. The first-order valence-corrected chi connectivity index (χ1v) is 10.4. The quantitative estimate of drug-likeness (QED) is 0.0850. The fraction of sp³-hybridized carbons (Fsp3) is 0. The Morgan fingerprint density at radius 3 is 1.68 bits per heavy atom. The summed E-state index contributed by atoms with van der Waals surface area (Å²) < 4.78 is 92.4. The van der Waals surface area contributed by atoms with Crippen LogP contribution in [0.4, 0.5) is 27.6 Å². The molecule has 0 aromatic heterocycles. The Morgan fingerprint density at radius 2 is 1.26 bits per heavy atom. The Balaban J connectivity index is 0.000000221. The Bertz CT molecular complexity index is 1220. The molecule has 0 spiro atoms. The van der Waals surface area contributed by atoms with Gasteiger partial charge in [-0.2, -0.15) is 8.42 Å². The van der Waals surface area contributed by atoms with E-state index in [4.69, 9.17) is 4.55 Å². The molecule has 0 aliphatic carbocycles. The van der Waals surface area contributed by atoms with Gasteiger partial charge < -0.3 is 0 Å². The van der Waals surface area contributed by atoms with Crippen LogP contribution in [0.15, 0.2) is 53.4 Å². The Kier molecular flexibility index (Phi) is 7.67. The van der Waals surface area contributed by atoms with Gasteiger partial charge in [-0.15, -0.1) is 0 Å². The van der Waals surface area contributed by atoms with Crippen LogP contribution in [0.25, 0.3) is 11.1 Å². The maximum absolute atomic E-state index is 12.6. The van der Waals surface area contributed by atoms with Gasteiger partial charge in [-0.05, 0) is 51.9 Å². The standard InChI is InChI=1S/C12H8INO2.C6HF5O3S/c13-12-4-2-1-3-11(12)9-5-7-10(8-6-9)14(15)16;7-1-2(8)4(10)6(15(12,13)14)5(11)3(1)9/h1-8H;(H,12,13,14). The van der Waals surface area contributed by atoms with E-state index in [9.17, 15) is 40.5 Å². The molecule has 0 saturated heterocycles. The molecule has 0 atom stereocenters. The minimum Gasteiger partial charge on any atom is -0.282 e. The van der Waals surface area contributed by atoms with Crippen LogP contribution in [0, 0.1) is 42.8 Å². The third kappa shape index (κ3) is 5.54.